The molecule has 0 saturated carbocycles. The second-order valence-corrected chi connectivity index (χ2v) is 4.28. The van der Waals surface area contributed by atoms with E-state index in [-0.39, 0.29) is 0 Å². The third-order valence-corrected chi connectivity index (χ3v) is 2.95. The van der Waals surface area contributed by atoms with Crippen molar-refractivity contribution in [2.24, 2.45) is 0 Å². The molecule has 0 atom stereocenters. The van der Waals surface area contributed by atoms with Crippen LogP contribution >= 0.6 is 0 Å². The van der Waals surface area contributed by atoms with Gasteiger partial charge in [-0.25, -0.2) is 4.98 Å². The summed E-state index contributed by atoms with van der Waals surface area (Å²) in [6.07, 6.45) is -0.0113. The van der Waals surface area contributed by atoms with Gasteiger partial charge in [-0.15, -0.1) is 0 Å². The first kappa shape index (κ1) is 12.2. The number of alkyl halides is 3. The van der Waals surface area contributed by atoms with Crippen molar-refractivity contribution in [1.82, 2.24) is 4.98 Å². The van der Waals surface area contributed by atoms with E-state index in [2.05, 4.69) is 4.98 Å². The fourth-order valence-corrected chi connectivity index (χ4v) is 2.06. The molecule has 5 heteroatoms. The Morgan fingerprint density at radius 1 is 1.00 bits per heavy atom. The van der Waals surface area contributed by atoms with Crippen LogP contribution in [0.15, 0.2) is 18.2 Å². The van der Waals surface area contributed by atoms with Crippen LogP contribution in [-0.2, 0) is 6.18 Å². The van der Waals surface area contributed by atoms with E-state index in [4.69, 9.17) is 0 Å². The number of halogens is 3. The molecule has 94 valence electrons. The summed E-state index contributed by atoms with van der Waals surface area (Å²) in [5, 5.41) is 0. The van der Waals surface area contributed by atoms with Crippen LogP contribution in [0.5, 0.6) is 0 Å². The predicted molar refractivity (Wildman–Crippen MR) is 59.9 cm³/mol. The van der Waals surface area contributed by atoms with E-state index in [0.29, 0.717) is 5.82 Å². The zero-order chi connectivity index (χ0) is 12.3. The van der Waals surface area contributed by atoms with E-state index in [1.165, 1.54) is 6.07 Å². The van der Waals surface area contributed by atoms with Gasteiger partial charge >= 0.3 is 6.18 Å². The summed E-state index contributed by atoms with van der Waals surface area (Å²) >= 11 is 0. The van der Waals surface area contributed by atoms with Crippen molar-refractivity contribution >= 4 is 5.82 Å². The van der Waals surface area contributed by atoms with Gasteiger partial charge in [0.1, 0.15) is 11.5 Å². The van der Waals surface area contributed by atoms with Crippen LogP contribution in [0.2, 0.25) is 0 Å². The molecular formula is C12H15F3N2. The molecule has 2 heterocycles. The maximum atomic E-state index is 12.5. The zero-order valence-electron chi connectivity index (χ0n) is 9.50. The maximum absolute atomic E-state index is 12.5. The van der Waals surface area contributed by atoms with Crippen molar-refractivity contribution in [3.63, 3.8) is 0 Å². The number of rotatable bonds is 1. The lowest BCUT2D eigenvalue weighted by atomic mass is 10.2. The third kappa shape index (κ3) is 3.11. The third-order valence-electron chi connectivity index (χ3n) is 2.95. The highest BCUT2D eigenvalue weighted by Gasteiger charge is 2.32. The SMILES string of the molecule is FC(F)(F)c1cccc(N2CCCCCC2)n1. The van der Waals surface area contributed by atoms with Gasteiger partial charge in [0.05, 0.1) is 0 Å². The molecule has 1 saturated heterocycles. The number of aromatic nitrogens is 1. The minimum absolute atomic E-state index is 0.446. The topological polar surface area (TPSA) is 16.1 Å². The van der Waals surface area contributed by atoms with Crippen molar-refractivity contribution in [1.29, 1.82) is 0 Å². The number of nitrogens with zero attached hydrogens (tertiary/aromatic N) is 2. The van der Waals surface area contributed by atoms with Gasteiger partial charge in [-0.05, 0) is 25.0 Å². The summed E-state index contributed by atoms with van der Waals surface area (Å²) in [4.78, 5) is 5.66. The average Bonchev–Trinajstić information content (AvgIpc) is 2.56. The summed E-state index contributed by atoms with van der Waals surface area (Å²) < 4.78 is 37.6. The number of hydrogen-bond acceptors (Lipinski definition) is 2. The van der Waals surface area contributed by atoms with Gasteiger partial charge in [0.25, 0.3) is 0 Å². The lowest BCUT2D eigenvalue weighted by Gasteiger charge is -2.22. The average molecular weight is 244 g/mol. The molecule has 1 aliphatic rings. The first-order valence-corrected chi connectivity index (χ1v) is 5.86. The highest BCUT2D eigenvalue weighted by Crippen LogP contribution is 2.29. The second kappa shape index (κ2) is 4.94. The zero-order valence-corrected chi connectivity index (χ0v) is 9.50. The van der Waals surface area contributed by atoms with Crippen LogP contribution in [-0.4, -0.2) is 18.1 Å². The number of hydrogen-bond donors (Lipinski definition) is 0. The molecule has 0 radical (unpaired) electrons. The quantitative estimate of drug-likeness (QED) is 0.751. The van der Waals surface area contributed by atoms with Crippen molar-refractivity contribution in [3.05, 3.63) is 23.9 Å². The molecule has 17 heavy (non-hydrogen) atoms. The maximum Gasteiger partial charge on any atom is 0.433 e. The van der Waals surface area contributed by atoms with Crippen molar-refractivity contribution < 1.29 is 13.2 Å². The summed E-state index contributed by atoms with van der Waals surface area (Å²) in [5.74, 6) is 0.446. The first-order chi connectivity index (χ1) is 8.07. The lowest BCUT2D eigenvalue weighted by Crippen LogP contribution is -2.25. The van der Waals surface area contributed by atoms with Crippen LogP contribution in [0.25, 0.3) is 0 Å². The number of pyridine rings is 1. The molecule has 0 N–H and O–H groups in total. The fourth-order valence-electron chi connectivity index (χ4n) is 2.06. The second-order valence-electron chi connectivity index (χ2n) is 4.28. The minimum Gasteiger partial charge on any atom is -0.357 e. The van der Waals surface area contributed by atoms with Gasteiger partial charge in [-0.2, -0.15) is 13.2 Å². The van der Waals surface area contributed by atoms with E-state index < -0.39 is 11.9 Å². The Balaban J connectivity index is 2.20. The standard InChI is InChI=1S/C12H15F3N2/c13-12(14,15)10-6-5-7-11(16-10)17-8-3-1-2-4-9-17/h5-7H,1-4,8-9H2. The predicted octanol–water partition coefficient (Wildman–Crippen LogP) is 3.48. The van der Waals surface area contributed by atoms with Gasteiger partial charge in [-0.1, -0.05) is 18.9 Å². The first-order valence-electron chi connectivity index (χ1n) is 5.86. The van der Waals surface area contributed by atoms with Gasteiger partial charge in [-0.3, -0.25) is 0 Å². The Hall–Kier alpha value is -1.26. The van der Waals surface area contributed by atoms with Gasteiger partial charge in [0.2, 0.25) is 0 Å². The molecule has 1 aromatic heterocycles. The Kier molecular flexibility index (Phi) is 3.54. The summed E-state index contributed by atoms with van der Waals surface area (Å²) in [5.41, 5.74) is -0.806. The van der Waals surface area contributed by atoms with Crippen LogP contribution in [0.1, 0.15) is 31.4 Å². The van der Waals surface area contributed by atoms with Gasteiger partial charge in [0.15, 0.2) is 0 Å². The molecule has 0 aliphatic carbocycles. The molecule has 2 nitrogen and oxygen atoms in total. The van der Waals surface area contributed by atoms with Crippen LogP contribution in [0, 0.1) is 0 Å². The monoisotopic (exact) mass is 244 g/mol. The Bertz CT molecular complexity index is 368. The normalized spacial score (nSPS) is 17.9. The van der Waals surface area contributed by atoms with Crippen molar-refractivity contribution in [2.75, 3.05) is 18.0 Å². The van der Waals surface area contributed by atoms with E-state index >= 15 is 0 Å². The van der Waals surface area contributed by atoms with Crippen LogP contribution < -0.4 is 4.90 Å². The highest BCUT2D eigenvalue weighted by molar-refractivity contribution is 5.39. The van der Waals surface area contributed by atoms with Crippen molar-refractivity contribution in [2.45, 2.75) is 31.9 Å². The molecular weight excluding hydrogens is 229 g/mol. The van der Waals surface area contributed by atoms with E-state index in [1.807, 2.05) is 4.90 Å². The van der Waals surface area contributed by atoms with Crippen molar-refractivity contribution in [3.8, 4) is 0 Å². The van der Waals surface area contributed by atoms with Gasteiger partial charge < -0.3 is 4.90 Å². The largest absolute Gasteiger partial charge is 0.433 e. The molecule has 2 rings (SSSR count). The Morgan fingerprint density at radius 2 is 1.65 bits per heavy atom. The Labute approximate surface area is 98.5 Å². The molecule has 1 aromatic rings. The van der Waals surface area contributed by atoms with Crippen LogP contribution in [0.4, 0.5) is 19.0 Å². The molecule has 0 aromatic carbocycles. The van der Waals surface area contributed by atoms with Crippen LogP contribution in [0.3, 0.4) is 0 Å². The molecule has 0 amide bonds. The lowest BCUT2D eigenvalue weighted by molar-refractivity contribution is -0.141. The summed E-state index contributed by atoms with van der Waals surface area (Å²) in [6, 6.07) is 4.10. The smallest absolute Gasteiger partial charge is 0.357 e. The van der Waals surface area contributed by atoms with Gasteiger partial charge in [0, 0.05) is 13.1 Å². The summed E-state index contributed by atoms with van der Waals surface area (Å²) in [6.45, 7) is 1.60. The fraction of sp³-hybridized carbons (Fsp3) is 0.583. The molecule has 0 bridgehead atoms. The minimum atomic E-state index is -4.36. The number of anilines is 1. The Morgan fingerprint density at radius 3 is 2.24 bits per heavy atom. The molecule has 0 spiro atoms. The summed E-state index contributed by atoms with van der Waals surface area (Å²) in [7, 11) is 0. The highest BCUT2D eigenvalue weighted by atomic mass is 19.4. The van der Waals surface area contributed by atoms with E-state index in [9.17, 15) is 13.2 Å². The molecule has 1 aliphatic heterocycles. The van der Waals surface area contributed by atoms with E-state index in [0.717, 1.165) is 44.8 Å². The molecule has 0 unspecified atom stereocenters. The molecule has 1 fully saturated rings. The van der Waals surface area contributed by atoms with E-state index in [1.54, 1.807) is 6.07 Å².